The third-order valence-electron chi connectivity index (χ3n) is 11.8. The minimum atomic E-state index is -2.43. The van der Waals surface area contributed by atoms with Crippen LogP contribution in [0.4, 0.5) is 22.0 Å². The number of esters is 2. The summed E-state index contributed by atoms with van der Waals surface area (Å²) in [7, 11) is -2.04. The third-order valence-corrected chi connectivity index (χ3v) is 17.3. The van der Waals surface area contributed by atoms with E-state index >= 15 is 0 Å². The summed E-state index contributed by atoms with van der Waals surface area (Å²) < 4.78 is 86.5. The number of ether oxygens (including phenoxy) is 2. The smallest absolute Gasteiger partial charge is 0.363 e. The van der Waals surface area contributed by atoms with E-state index in [1.807, 2.05) is 20.8 Å². The van der Waals surface area contributed by atoms with Crippen molar-refractivity contribution in [2.75, 3.05) is 26.3 Å². The van der Waals surface area contributed by atoms with Gasteiger partial charge < -0.3 is 19.2 Å². The molecular weight excluding hydrogens is 856 g/mol. The van der Waals surface area contributed by atoms with Crippen molar-refractivity contribution >= 4 is 43.4 Å². The SMILES string of the molecule is C#CCCCON(C(=O)[C@@H](NC(=O)[C@@]1(C)CCCN1CCO[Si](C)(C)C(C)(C)C)[C@@H](C)CC)[C@H](C[C@@H](OC(C)=O)c1nc(C(=O)Oc2c(F)c(F)c(F)c(F)c2F)cs1)C(C)C. The number of unbranched alkanes of at least 4 members (excludes halogenated alkanes) is 1. The number of hydrogen-bond donors (Lipinski definition) is 1. The number of hydroxylamine groups is 2. The van der Waals surface area contributed by atoms with Gasteiger partial charge in [0.25, 0.3) is 5.91 Å². The highest BCUT2D eigenvalue weighted by Crippen LogP contribution is 2.38. The van der Waals surface area contributed by atoms with E-state index in [1.54, 1.807) is 13.8 Å². The van der Waals surface area contributed by atoms with Crippen LogP contribution in [-0.2, 0) is 28.4 Å². The van der Waals surface area contributed by atoms with E-state index in [0.29, 0.717) is 45.4 Å². The molecule has 62 heavy (non-hydrogen) atoms. The topological polar surface area (TPSA) is 137 Å². The number of carbonyl (C=O) groups is 4. The first kappa shape index (κ1) is 52.4. The lowest BCUT2D eigenvalue weighted by molar-refractivity contribution is -0.213. The zero-order valence-corrected chi connectivity index (χ0v) is 39.3. The highest BCUT2D eigenvalue weighted by molar-refractivity contribution is 7.09. The molecule has 1 aromatic carbocycles. The predicted molar refractivity (Wildman–Crippen MR) is 226 cm³/mol. The molecule has 2 amide bonds. The van der Waals surface area contributed by atoms with Gasteiger partial charge in [0.2, 0.25) is 40.7 Å². The monoisotopic (exact) mass is 916 g/mol. The van der Waals surface area contributed by atoms with Crippen LogP contribution in [0.1, 0.15) is 122 Å². The van der Waals surface area contributed by atoms with Crippen LogP contribution in [0.2, 0.25) is 18.1 Å². The van der Waals surface area contributed by atoms with Crippen molar-refractivity contribution in [1.82, 2.24) is 20.3 Å². The van der Waals surface area contributed by atoms with Gasteiger partial charge in [-0.1, -0.05) is 54.9 Å². The minimum Gasteiger partial charge on any atom is -0.455 e. The number of benzene rings is 1. The Hall–Kier alpha value is -3.96. The average Bonchev–Trinajstić information content (AvgIpc) is 3.85. The Morgan fingerprint density at radius 1 is 1.05 bits per heavy atom. The Morgan fingerprint density at radius 3 is 2.21 bits per heavy atom. The molecule has 2 heterocycles. The number of amides is 2. The first-order valence-corrected chi connectivity index (χ1v) is 24.6. The van der Waals surface area contributed by atoms with Gasteiger partial charge in [-0.3, -0.25) is 24.1 Å². The van der Waals surface area contributed by atoms with Crippen LogP contribution in [0.15, 0.2) is 5.38 Å². The quantitative estimate of drug-likeness (QED) is 0.0149. The average molecular weight is 917 g/mol. The summed E-state index contributed by atoms with van der Waals surface area (Å²) in [6.07, 6.45) is 6.65. The maximum Gasteiger partial charge on any atom is 0.363 e. The van der Waals surface area contributed by atoms with Gasteiger partial charge >= 0.3 is 11.9 Å². The molecule has 0 radical (unpaired) electrons. The van der Waals surface area contributed by atoms with Gasteiger partial charge in [0.15, 0.2) is 20.1 Å². The number of likely N-dealkylation sites (tertiary alicyclic amines) is 1. The van der Waals surface area contributed by atoms with Crippen LogP contribution in [0.3, 0.4) is 0 Å². The number of halogens is 5. The van der Waals surface area contributed by atoms with E-state index in [9.17, 15) is 41.1 Å². The summed E-state index contributed by atoms with van der Waals surface area (Å²) in [6, 6.07) is -1.92. The highest BCUT2D eigenvalue weighted by atomic mass is 32.1. The van der Waals surface area contributed by atoms with Gasteiger partial charge in [-0.05, 0) is 62.7 Å². The summed E-state index contributed by atoms with van der Waals surface area (Å²) >= 11 is 0.779. The number of terminal acetylenes is 1. The molecule has 0 bridgehead atoms. The fourth-order valence-corrected chi connectivity index (χ4v) is 8.51. The molecule has 0 aliphatic carbocycles. The minimum absolute atomic E-state index is 0.0160. The Balaban J connectivity index is 1.96. The maximum atomic E-state index is 14.9. The zero-order valence-electron chi connectivity index (χ0n) is 37.5. The lowest BCUT2D eigenvalue weighted by atomic mass is 9.92. The summed E-state index contributed by atoms with van der Waals surface area (Å²) in [5.41, 5.74) is -1.52. The van der Waals surface area contributed by atoms with Crippen LogP contribution >= 0.6 is 11.3 Å². The first-order chi connectivity index (χ1) is 28.8. The number of nitrogens with one attached hydrogen (secondary N) is 1. The number of rotatable bonds is 21. The predicted octanol–water partition coefficient (Wildman–Crippen LogP) is 8.66. The second kappa shape index (κ2) is 22.1. The van der Waals surface area contributed by atoms with Crippen molar-refractivity contribution in [2.24, 2.45) is 11.8 Å². The van der Waals surface area contributed by atoms with E-state index < -0.39 is 90.4 Å². The Kier molecular flexibility index (Phi) is 18.7. The molecule has 1 aliphatic heterocycles. The molecule has 5 atom stereocenters. The normalized spacial score (nSPS) is 17.9. The molecule has 0 unspecified atom stereocenters. The lowest BCUT2D eigenvalue weighted by Crippen LogP contribution is -2.61. The summed E-state index contributed by atoms with van der Waals surface area (Å²) in [6.45, 7) is 22.9. The van der Waals surface area contributed by atoms with Gasteiger partial charge in [-0.15, -0.1) is 23.7 Å². The first-order valence-electron chi connectivity index (χ1n) is 20.8. The van der Waals surface area contributed by atoms with Crippen molar-refractivity contribution in [1.29, 1.82) is 0 Å². The molecule has 19 heteroatoms. The van der Waals surface area contributed by atoms with Crippen molar-refractivity contribution in [3.8, 4) is 18.1 Å². The van der Waals surface area contributed by atoms with Gasteiger partial charge in [-0.2, -0.15) is 8.78 Å². The second-order valence-electron chi connectivity index (χ2n) is 17.6. The molecule has 1 aromatic heterocycles. The Labute approximate surface area is 366 Å². The molecule has 3 rings (SSSR count). The molecule has 1 aliphatic rings. The fourth-order valence-electron chi connectivity index (χ4n) is 6.65. The summed E-state index contributed by atoms with van der Waals surface area (Å²) in [5, 5.41) is 5.34. The third kappa shape index (κ3) is 12.6. The number of hydrogen-bond acceptors (Lipinski definition) is 11. The zero-order chi connectivity index (χ0) is 46.9. The Morgan fingerprint density at radius 2 is 1.66 bits per heavy atom. The van der Waals surface area contributed by atoms with Crippen LogP contribution in [-0.4, -0.2) is 90.9 Å². The van der Waals surface area contributed by atoms with Crippen molar-refractivity contribution < 1.29 is 59.9 Å². The number of thiazole rings is 1. The summed E-state index contributed by atoms with van der Waals surface area (Å²) in [5.74, 6) is -15.0. The van der Waals surface area contributed by atoms with Crippen molar-refractivity contribution in [2.45, 2.75) is 143 Å². The van der Waals surface area contributed by atoms with Gasteiger partial charge in [0.1, 0.15) is 11.0 Å². The molecule has 1 fully saturated rings. The van der Waals surface area contributed by atoms with E-state index in [2.05, 4.69) is 59.7 Å². The summed E-state index contributed by atoms with van der Waals surface area (Å²) in [4.78, 5) is 67.1. The molecular formula is C43H61F5N4O8SSi. The van der Waals surface area contributed by atoms with Crippen LogP contribution < -0.4 is 10.1 Å². The van der Waals surface area contributed by atoms with Gasteiger partial charge in [0, 0.05) is 38.3 Å². The molecule has 346 valence electrons. The standard InChI is InChI=1S/C43H61F5N4O8SSi/c1-13-15-16-21-57-52(39(54)36(26(5)14-2)50-41(56)43(10)18-17-19-51(43)20-22-58-62(11,12)42(7,8)9)29(25(3)4)23-30(59-27(6)53)38-49-28(24-61-38)40(55)60-37-34(47)32(45)31(44)33(46)35(37)48/h1,24-26,29-30,36H,14-23H2,2-12H3,(H,50,56)/t26-,29+,30+,36-,43+/m0/s1. The van der Waals surface area contributed by atoms with Crippen LogP contribution in [0, 0.1) is 53.3 Å². The fraction of sp³-hybridized carbons (Fsp3) is 0.651. The van der Waals surface area contributed by atoms with Crippen molar-refractivity contribution in [3.05, 3.63) is 45.2 Å². The van der Waals surface area contributed by atoms with Crippen molar-refractivity contribution in [3.63, 3.8) is 0 Å². The van der Waals surface area contributed by atoms with E-state index in [0.717, 1.165) is 30.1 Å². The molecule has 1 saturated heterocycles. The van der Waals surface area contributed by atoms with Gasteiger partial charge in [0.05, 0.1) is 18.2 Å². The number of nitrogens with zero attached hydrogens (tertiary/aromatic N) is 3. The second-order valence-corrected chi connectivity index (χ2v) is 23.3. The lowest BCUT2D eigenvalue weighted by Gasteiger charge is -2.40. The van der Waals surface area contributed by atoms with Crippen LogP contribution in [0.5, 0.6) is 5.75 Å². The number of carbonyl (C=O) groups excluding carboxylic acids is 4. The number of aromatic nitrogens is 1. The molecule has 0 spiro atoms. The van der Waals surface area contributed by atoms with Gasteiger partial charge in [-0.25, -0.2) is 28.0 Å². The van der Waals surface area contributed by atoms with E-state index in [-0.39, 0.29) is 40.8 Å². The van der Waals surface area contributed by atoms with E-state index in [1.165, 1.54) is 5.06 Å². The highest BCUT2D eigenvalue weighted by Gasteiger charge is 2.47. The van der Waals surface area contributed by atoms with Crippen LogP contribution in [0.25, 0.3) is 0 Å². The Bertz CT molecular complexity index is 1930. The van der Waals surface area contributed by atoms with E-state index in [4.69, 9.17) is 20.4 Å². The molecule has 2 aromatic rings. The maximum absolute atomic E-state index is 14.9. The molecule has 0 saturated carbocycles. The molecule has 12 nitrogen and oxygen atoms in total. The largest absolute Gasteiger partial charge is 0.455 e. The molecule has 1 N–H and O–H groups in total.